The number of fused-ring (bicyclic) bond motifs is 3. The summed E-state index contributed by atoms with van der Waals surface area (Å²) < 4.78 is 5.71. The summed E-state index contributed by atoms with van der Waals surface area (Å²) in [6.45, 7) is 7.39. The highest BCUT2D eigenvalue weighted by Crippen LogP contribution is 2.34. The predicted octanol–water partition coefficient (Wildman–Crippen LogP) is 4.20. The first-order chi connectivity index (χ1) is 15.3. The zero-order valence-electron chi connectivity index (χ0n) is 18.7. The van der Waals surface area contributed by atoms with Gasteiger partial charge in [-0.05, 0) is 47.9 Å². The number of carbonyl (C=O) groups is 1. The lowest BCUT2D eigenvalue weighted by molar-refractivity contribution is -0.118. The highest BCUT2D eigenvalue weighted by atomic mass is 32.2. The van der Waals surface area contributed by atoms with Crippen molar-refractivity contribution in [1.82, 2.24) is 15.3 Å². The molecule has 1 aliphatic rings. The Morgan fingerprint density at radius 1 is 1.25 bits per heavy atom. The van der Waals surface area contributed by atoms with Crippen LogP contribution in [0.2, 0.25) is 0 Å². The molecule has 2 N–H and O–H groups in total. The summed E-state index contributed by atoms with van der Waals surface area (Å²) in [5.41, 5.74) is 2.50. The predicted molar refractivity (Wildman–Crippen MR) is 132 cm³/mol. The van der Waals surface area contributed by atoms with E-state index in [0.29, 0.717) is 30.5 Å². The number of hydrogen-bond donors (Lipinski definition) is 2. The number of nitrogens with zero attached hydrogens (tertiary/aromatic N) is 1. The van der Waals surface area contributed by atoms with Gasteiger partial charge in [-0.25, -0.2) is 4.98 Å². The van der Waals surface area contributed by atoms with Gasteiger partial charge >= 0.3 is 0 Å². The largest absolute Gasteiger partial charge is 0.492 e. The molecule has 0 saturated carbocycles. The smallest absolute Gasteiger partial charge is 0.259 e. The highest BCUT2D eigenvalue weighted by Gasteiger charge is 2.21. The zero-order chi connectivity index (χ0) is 22.7. The maximum atomic E-state index is 12.5. The topological polar surface area (TPSA) is 84.1 Å². The van der Waals surface area contributed by atoms with E-state index in [2.05, 4.69) is 48.2 Å². The minimum atomic E-state index is -0.0554. The van der Waals surface area contributed by atoms with Crippen molar-refractivity contribution < 1.29 is 9.53 Å². The van der Waals surface area contributed by atoms with Gasteiger partial charge in [0.25, 0.3) is 5.56 Å². The van der Waals surface area contributed by atoms with Gasteiger partial charge in [-0.15, -0.1) is 23.1 Å². The first-order valence-corrected chi connectivity index (χ1v) is 12.9. The van der Waals surface area contributed by atoms with Crippen LogP contribution in [-0.4, -0.2) is 34.8 Å². The maximum absolute atomic E-state index is 12.5. The fraction of sp³-hybridized carbons (Fsp3) is 0.458. The van der Waals surface area contributed by atoms with Crippen LogP contribution in [-0.2, 0) is 28.8 Å². The number of rotatable bonds is 8. The van der Waals surface area contributed by atoms with Crippen molar-refractivity contribution in [3.8, 4) is 5.75 Å². The number of aromatic amines is 1. The normalized spacial score (nSPS) is 13.3. The second-order valence-corrected chi connectivity index (χ2v) is 11.1. The van der Waals surface area contributed by atoms with Crippen molar-refractivity contribution in [3.63, 3.8) is 0 Å². The van der Waals surface area contributed by atoms with Gasteiger partial charge in [0.1, 0.15) is 23.0 Å². The van der Waals surface area contributed by atoms with Crippen LogP contribution in [0.1, 0.15) is 49.0 Å². The summed E-state index contributed by atoms with van der Waals surface area (Å²) in [6.07, 6.45) is 3.14. The summed E-state index contributed by atoms with van der Waals surface area (Å²) in [5, 5.41) is 3.63. The first-order valence-electron chi connectivity index (χ1n) is 10.9. The molecule has 0 bridgehead atoms. The maximum Gasteiger partial charge on any atom is 0.259 e. The average molecular weight is 472 g/mol. The summed E-state index contributed by atoms with van der Waals surface area (Å²) >= 11 is 3.07. The van der Waals surface area contributed by atoms with Crippen LogP contribution in [0.5, 0.6) is 5.75 Å². The van der Waals surface area contributed by atoms with Gasteiger partial charge in [-0.3, -0.25) is 9.59 Å². The van der Waals surface area contributed by atoms with Gasteiger partial charge < -0.3 is 15.0 Å². The number of thiophene rings is 1. The molecule has 8 heteroatoms. The highest BCUT2D eigenvalue weighted by molar-refractivity contribution is 7.99. The van der Waals surface area contributed by atoms with Crippen molar-refractivity contribution >= 4 is 39.2 Å². The second kappa shape index (κ2) is 9.67. The van der Waals surface area contributed by atoms with Crippen molar-refractivity contribution in [2.24, 2.45) is 0 Å². The van der Waals surface area contributed by atoms with Crippen LogP contribution in [0.3, 0.4) is 0 Å². The number of benzene rings is 1. The Bertz CT molecular complexity index is 1160. The number of H-pyrrole nitrogens is 1. The van der Waals surface area contributed by atoms with Gasteiger partial charge in [-0.1, -0.05) is 32.9 Å². The van der Waals surface area contributed by atoms with Crippen LogP contribution in [0.4, 0.5) is 0 Å². The minimum Gasteiger partial charge on any atom is -0.492 e. The molecule has 170 valence electrons. The average Bonchev–Trinajstić information content (AvgIpc) is 3.32. The molecule has 0 fully saturated rings. The molecule has 0 spiro atoms. The second-order valence-electron chi connectivity index (χ2n) is 9.02. The zero-order valence-corrected chi connectivity index (χ0v) is 20.4. The Kier molecular flexibility index (Phi) is 6.90. The monoisotopic (exact) mass is 471 g/mol. The molecule has 1 aromatic carbocycles. The Morgan fingerprint density at radius 2 is 2.03 bits per heavy atom. The number of thioether (sulfide) groups is 1. The van der Waals surface area contributed by atoms with E-state index >= 15 is 0 Å². The fourth-order valence-corrected chi connectivity index (χ4v) is 5.82. The third-order valence-electron chi connectivity index (χ3n) is 5.51. The van der Waals surface area contributed by atoms with Crippen LogP contribution in [0.15, 0.2) is 29.1 Å². The van der Waals surface area contributed by atoms with Crippen LogP contribution in [0, 0.1) is 0 Å². The van der Waals surface area contributed by atoms with Crippen LogP contribution in [0.25, 0.3) is 10.2 Å². The standard InChI is InChI=1S/C24H29N3O3S2/c1-24(2,3)15-7-9-16(10-8-15)30-12-11-25-20(28)14-31-13-19-26-22(29)21-17-5-4-6-18(17)32-23(21)27-19/h7-10H,4-6,11-14H2,1-3H3,(H,25,28)(H,26,27,29). The lowest BCUT2D eigenvalue weighted by atomic mass is 9.87. The van der Waals surface area contributed by atoms with E-state index in [1.807, 2.05) is 12.1 Å². The van der Waals surface area contributed by atoms with Crippen LogP contribution < -0.4 is 15.6 Å². The van der Waals surface area contributed by atoms with Crippen molar-refractivity contribution in [2.45, 2.75) is 51.2 Å². The Labute approximate surface area is 196 Å². The molecule has 0 saturated heterocycles. The Balaban J connectivity index is 1.18. The summed E-state index contributed by atoms with van der Waals surface area (Å²) in [5.74, 6) is 2.18. The molecule has 0 unspecified atom stereocenters. The quantitative estimate of drug-likeness (QED) is 0.481. The molecule has 6 nitrogen and oxygen atoms in total. The summed E-state index contributed by atoms with van der Waals surface area (Å²) in [6, 6.07) is 8.07. The van der Waals surface area contributed by atoms with Crippen molar-refractivity contribution in [3.05, 3.63) is 56.4 Å². The van der Waals surface area contributed by atoms with E-state index in [-0.39, 0.29) is 16.9 Å². The van der Waals surface area contributed by atoms with Gasteiger partial charge in [0.05, 0.1) is 23.4 Å². The van der Waals surface area contributed by atoms with Crippen molar-refractivity contribution in [1.29, 1.82) is 0 Å². The molecule has 1 aliphatic carbocycles. The van der Waals surface area contributed by atoms with E-state index < -0.39 is 0 Å². The third-order valence-corrected chi connectivity index (χ3v) is 7.64. The number of aryl methyl sites for hydroxylation is 2. The van der Waals surface area contributed by atoms with E-state index in [4.69, 9.17) is 4.74 Å². The first kappa shape index (κ1) is 22.9. The number of carbonyl (C=O) groups excluding carboxylic acids is 1. The number of ether oxygens (including phenoxy) is 1. The lowest BCUT2D eigenvalue weighted by Crippen LogP contribution is -2.29. The van der Waals surface area contributed by atoms with E-state index in [0.717, 1.165) is 35.2 Å². The molecule has 1 amide bonds. The van der Waals surface area contributed by atoms with E-state index in [1.54, 1.807) is 11.3 Å². The van der Waals surface area contributed by atoms with Gasteiger partial charge in [0.2, 0.25) is 5.91 Å². The molecule has 2 aromatic heterocycles. The summed E-state index contributed by atoms with van der Waals surface area (Å²) in [4.78, 5) is 34.2. The molecule has 0 atom stereocenters. The molecule has 3 aromatic rings. The molecule has 32 heavy (non-hydrogen) atoms. The van der Waals surface area contributed by atoms with Gasteiger partial charge in [0, 0.05) is 4.88 Å². The van der Waals surface area contributed by atoms with Gasteiger partial charge in [0.15, 0.2) is 0 Å². The third kappa shape index (κ3) is 5.35. The lowest BCUT2D eigenvalue weighted by Gasteiger charge is -2.19. The molecule has 4 rings (SSSR count). The molecule has 2 heterocycles. The summed E-state index contributed by atoms with van der Waals surface area (Å²) in [7, 11) is 0. The van der Waals surface area contributed by atoms with E-state index in [1.165, 1.54) is 27.8 Å². The minimum absolute atomic E-state index is 0.0536. The van der Waals surface area contributed by atoms with Crippen LogP contribution >= 0.6 is 23.1 Å². The number of amides is 1. The molecular formula is C24H29N3O3S2. The molecular weight excluding hydrogens is 442 g/mol. The van der Waals surface area contributed by atoms with Gasteiger partial charge in [-0.2, -0.15) is 0 Å². The number of hydrogen-bond acceptors (Lipinski definition) is 6. The van der Waals surface area contributed by atoms with E-state index in [9.17, 15) is 9.59 Å². The Morgan fingerprint density at radius 3 is 2.78 bits per heavy atom. The molecule has 0 aliphatic heterocycles. The Hall–Kier alpha value is -2.32. The fourth-order valence-electron chi connectivity index (χ4n) is 3.82. The number of aromatic nitrogens is 2. The number of nitrogens with one attached hydrogen (secondary N) is 2. The molecule has 0 radical (unpaired) electrons. The SMILES string of the molecule is CC(C)(C)c1ccc(OCCNC(=O)CSCc2nc3sc4c(c3c(=O)[nH]2)CCC4)cc1. The van der Waals surface area contributed by atoms with Crippen molar-refractivity contribution in [2.75, 3.05) is 18.9 Å².